The van der Waals surface area contributed by atoms with Gasteiger partial charge in [0.05, 0.1) is 4.47 Å². The number of hydrogen-bond donors (Lipinski definition) is 1. The van der Waals surface area contributed by atoms with E-state index >= 15 is 0 Å². The third kappa shape index (κ3) is 3.40. The van der Waals surface area contributed by atoms with Crippen LogP contribution in [-0.4, -0.2) is 0 Å². The third-order valence-corrected chi connectivity index (χ3v) is 3.82. The quantitative estimate of drug-likeness (QED) is 0.745. The summed E-state index contributed by atoms with van der Waals surface area (Å²) in [4.78, 5) is 0. The van der Waals surface area contributed by atoms with Gasteiger partial charge in [-0.15, -0.1) is 0 Å². The van der Waals surface area contributed by atoms with Crippen LogP contribution in [0.25, 0.3) is 0 Å². The highest BCUT2D eigenvalue weighted by molar-refractivity contribution is 9.11. The number of anilines is 1. The monoisotopic (exact) mass is 389 g/mol. The fraction of sp³-hybridized carbons (Fsp3) is 0.0769. The fourth-order valence-corrected chi connectivity index (χ4v) is 2.83. The van der Waals surface area contributed by atoms with Gasteiger partial charge in [0.1, 0.15) is 12.4 Å². The van der Waals surface area contributed by atoms with E-state index in [-0.39, 0.29) is 0 Å². The van der Waals surface area contributed by atoms with E-state index in [0.29, 0.717) is 17.3 Å². The lowest BCUT2D eigenvalue weighted by Gasteiger charge is -2.10. The fourth-order valence-electron chi connectivity index (χ4n) is 1.43. The summed E-state index contributed by atoms with van der Waals surface area (Å²) in [5, 5.41) is 0.614. The van der Waals surface area contributed by atoms with Crippen LogP contribution in [0.4, 0.5) is 5.69 Å². The highest BCUT2D eigenvalue weighted by Crippen LogP contribution is 2.29. The van der Waals surface area contributed by atoms with Crippen molar-refractivity contribution in [1.82, 2.24) is 0 Å². The van der Waals surface area contributed by atoms with Gasteiger partial charge in [0, 0.05) is 20.7 Å². The molecule has 2 rings (SSSR count). The second kappa shape index (κ2) is 5.95. The summed E-state index contributed by atoms with van der Waals surface area (Å²) in [5.74, 6) is 0.770. The summed E-state index contributed by atoms with van der Waals surface area (Å²) >= 11 is 12.9. The average molecular weight is 391 g/mol. The van der Waals surface area contributed by atoms with Crippen LogP contribution >= 0.6 is 43.5 Å². The van der Waals surface area contributed by atoms with Crippen LogP contribution in [0.3, 0.4) is 0 Å². The second-order valence-electron chi connectivity index (χ2n) is 3.71. The first-order valence-corrected chi connectivity index (χ1v) is 7.14. The maximum absolute atomic E-state index is 6.08. The molecule has 0 aromatic heterocycles. The van der Waals surface area contributed by atoms with Crippen LogP contribution < -0.4 is 10.5 Å². The first-order valence-electron chi connectivity index (χ1n) is 5.18. The lowest BCUT2D eigenvalue weighted by Crippen LogP contribution is -1.97. The van der Waals surface area contributed by atoms with E-state index in [1.165, 1.54) is 0 Å². The predicted molar refractivity (Wildman–Crippen MR) is 82.0 cm³/mol. The van der Waals surface area contributed by atoms with E-state index in [2.05, 4.69) is 31.9 Å². The number of nitrogens with two attached hydrogens (primary N) is 1. The van der Waals surface area contributed by atoms with Crippen molar-refractivity contribution < 1.29 is 4.74 Å². The number of halogens is 3. The second-order valence-corrected chi connectivity index (χ2v) is 5.89. The highest BCUT2D eigenvalue weighted by atomic mass is 79.9. The molecule has 0 unspecified atom stereocenters. The van der Waals surface area contributed by atoms with E-state index in [9.17, 15) is 0 Å². The van der Waals surface area contributed by atoms with Crippen molar-refractivity contribution in [3.05, 3.63) is 55.9 Å². The molecule has 0 saturated carbocycles. The Kier molecular flexibility index (Phi) is 4.54. The Bertz CT molecular complexity index is 523. The van der Waals surface area contributed by atoms with Gasteiger partial charge in [-0.05, 0) is 46.3 Å². The first-order chi connectivity index (χ1) is 8.56. The minimum atomic E-state index is 0.402. The summed E-state index contributed by atoms with van der Waals surface area (Å²) in [6.07, 6.45) is 0. The summed E-state index contributed by atoms with van der Waals surface area (Å²) in [7, 11) is 0. The SMILES string of the molecule is Nc1ccc(COc2ccc(Br)cc2Br)c(Cl)c1. The first kappa shape index (κ1) is 13.7. The Balaban J connectivity index is 2.11. The molecule has 0 saturated heterocycles. The van der Waals surface area contributed by atoms with Gasteiger partial charge in [-0.1, -0.05) is 33.6 Å². The normalized spacial score (nSPS) is 10.4. The Morgan fingerprint density at radius 3 is 2.56 bits per heavy atom. The Labute approximate surface area is 127 Å². The molecule has 0 fully saturated rings. The van der Waals surface area contributed by atoms with Crippen LogP contribution in [0.1, 0.15) is 5.56 Å². The largest absolute Gasteiger partial charge is 0.488 e. The van der Waals surface area contributed by atoms with Crippen LogP contribution in [0.2, 0.25) is 5.02 Å². The van der Waals surface area contributed by atoms with Gasteiger partial charge in [-0.25, -0.2) is 0 Å². The molecule has 2 nitrogen and oxygen atoms in total. The minimum absolute atomic E-state index is 0.402. The molecular formula is C13H10Br2ClNO. The molecule has 0 atom stereocenters. The summed E-state index contributed by atoms with van der Waals surface area (Å²) in [6, 6.07) is 11.1. The summed E-state index contributed by atoms with van der Waals surface area (Å²) in [6.45, 7) is 0.402. The van der Waals surface area contributed by atoms with Gasteiger partial charge in [-0.2, -0.15) is 0 Å². The lowest BCUT2D eigenvalue weighted by atomic mass is 10.2. The van der Waals surface area contributed by atoms with Crippen LogP contribution in [0.5, 0.6) is 5.75 Å². The summed E-state index contributed by atoms with van der Waals surface area (Å²) in [5.41, 5.74) is 7.19. The van der Waals surface area contributed by atoms with Crippen molar-refractivity contribution in [2.24, 2.45) is 0 Å². The van der Waals surface area contributed by atoms with Crippen LogP contribution in [0, 0.1) is 0 Å². The molecule has 5 heteroatoms. The zero-order chi connectivity index (χ0) is 13.1. The number of nitrogen functional groups attached to an aromatic ring is 1. The van der Waals surface area contributed by atoms with E-state index in [1.807, 2.05) is 24.3 Å². The molecule has 94 valence electrons. The lowest BCUT2D eigenvalue weighted by molar-refractivity contribution is 0.304. The average Bonchev–Trinajstić information content (AvgIpc) is 2.30. The van der Waals surface area contributed by atoms with E-state index in [4.69, 9.17) is 22.1 Å². The van der Waals surface area contributed by atoms with Gasteiger partial charge < -0.3 is 10.5 Å². The number of hydrogen-bond acceptors (Lipinski definition) is 2. The number of ether oxygens (including phenoxy) is 1. The molecule has 2 aromatic rings. The van der Waals surface area contributed by atoms with Crippen molar-refractivity contribution in [2.75, 3.05) is 5.73 Å². The van der Waals surface area contributed by atoms with Gasteiger partial charge in [0.25, 0.3) is 0 Å². The summed E-state index contributed by atoms with van der Waals surface area (Å²) < 4.78 is 7.59. The zero-order valence-corrected chi connectivity index (χ0v) is 13.2. The molecule has 0 bridgehead atoms. The van der Waals surface area contributed by atoms with Crippen molar-refractivity contribution in [1.29, 1.82) is 0 Å². The topological polar surface area (TPSA) is 35.2 Å². The van der Waals surface area contributed by atoms with Gasteiger partial charge in [-0.3, -0.25) is 0 Å². The molecule has 0 aliphatic heterocycles. The molecule has 0 heterocycles. The molecular weight excluding hydrogens is 381 g/mol. The van der Waals surface area contributed by atoms with Crippen molar-refractivity contribution in [3.8, 4) is 5.75 Å². The molecule has 18 heavy (non-hydrogen) atoms. The van der Waals surface area contributed by atoms with Gasteiger partial charge in [0.15, 0.2) is 0 Å². The Hall–Kier alpha value is -0.710. The van der Waals surface area contributed by atoms with Gasteiger partial charge >= 0.3 is 0 Å². The van der Waals surface area contributed by atoms with E-state index in [1.54, 1.807) is 12.1 Å². The molecule has 0 aliphatic rings. The standard InChI is InChI=1S/C13H10Br2ClNO/c14-9-2-4-13(11(15)5-9)18-7-8-1-3-10(17)6-12(8)16/h1-6H,7,17H2. The predicted octanol–water partition coefficient (Wildman–Crippen LogP) is 5.03. The Morgan fingerprint density at radius 1 is 1.11 bits per heavy atom. The van der Waals surface area contributed by atoms with Crippen molar-refractivity contribution in [3.63, 3.8) is 0 Å². The highest BCUT2D eigenvalue weighted by Gasteiger charge is 2.05. The van der Waals surface area contributed by atoms with Gasteiger partial charge in [0.2, 0.25) is 0 Å². The molecule has 0 radical (unpaired) electrons. The maximum Gasteiger partial charge on any atom is 0.134 e. The molecule has 2 N–H and O–H groups in total. The van der Waals surface area contributed by atoms with Crippen molar-refractivity contribution >= 4 is 49.1 Å². The van der Waals surface area contributed by atoms with Crippen LogP contribution in [0.15, 0.2) is 45.3 Å². The van der Waals surface area contributed by atoms with E-state index in [0.717, 1.165) is 20.3 Å². The Morgan fingerprint density at radius 2 is 1.89 bits per heavy atom. The molecule has 2 aromatic carbocycles. The third-order valence-electron chi connectivity index (χ3n) is 2.35. The number of benzene rings is 2. The van der Waals surface area contributed by atoms with Crippen molar-refractivity contribution in [2.45, 2.75) is 6.61 Å². The van der Waals surface area contributed by atoms with Crippen LogP contribution in [-0.2, 0) is 6.61 Å². The molecule has 0 amide bonds. The molecule has 0 spiro atoms. The molecule has 0 aliphatic carbocycles. The van der Waals surface area contributed by atoms with E-state index < -0.39 is 0 Å². The zero-order valence-electron chi connectivity index (χ0n) is 9.29. The smallest absolute Gasteiger partial charge is 0.134 e. The maximum atomic E-state index is 6.08. The minimum Gasteiger partial charge on any atom is -0.488 e. The number of rotatable bonds is 3.